The number of fused-ring (bicyclic) bond motifs is 1. The van der Waals surface area contributed by atoms with Crippen LogP contribution >= 0.6 is 22.9 Å². The van der Waals surface area contributed by atoms with Gasteiger partial charge in [-0.1, -0.05) is 41.1 Å². The second-order valence-electron chi connectivity index (χ2n) is 6.62. The van der Waals surface area contributed by atoms with Crippen LogP contribution in [-0.4, -0.2) is 28.3 Å². The quantitative estimate of drug-likeness (QED) is 0.444. The van der Waals surface area contributed by atoms with E-state index in [2.05, 4.69) is 10.1 Å². The van der Waals surface area contributed by atoms with E-state index in [9.17, 15) is 9.59 Å². The van der Waals surface area contributed by atoms with Gasteiger partial charge in [0.05, 0.1) is 18.2 Å². The van der Waals surface area contributed by atoms with Crippen LogP contribution in [0, 0.1) is 0 Å². The molecule has 0 fully saturated rings. The van der Waals surface area contributed by atoms with Crippen molar-refractivity contribution in [2.45, 2.75) is 13.3 Å². The lowest BCUT2D eigenvalue weighted by molar-refractivity contribution is 0.311. The maximum Gasteiger partial charge on any atom is 0.296 e. The molecule has 2 aromatic carbocycles. The lowest BCUT2D eigenvalue weighted by Crippen LogP contribution is -2.28. The number of methoxy groups -OCH3 is 1. The summed E-state index contributed by atoms with van der Waals surface area (Å²) >= 11 is 7.01. The van der Waals surface area contributed by atoms with E-state index in [1.54, 1.807) is 37.5 Å². The molecule has 0 unspecified atom stereocenters. The lowest BCUT2D eigenvalue weighted by Gasteiger charge is -2.09. The summed E-state index contributed by atoms with van der Waals surface area (Å²) in [5, 5.41) is 4.87. The molecule has 0 spiro atoms. The fourth-order valence-corrected chi connectivity index (χ4v) is 4.08. The minimum atomic E-state index is -0.453. The topological polar surface area (TPSA) is 82.8 Å². The number of benzene rings is 2. The van der Waals surface area contributed by atoms with Crippen LogP contribution in [0.1, 0.15) is 23.7 Å². The Morgan fingerprint density at radius 1 is 1.13 bits per heavy atom. The van der Waals surface area contributed by atoms with Gasteiger partial charge in [0.15, 0.2) is 11.5 Å². The van der Waals surface area contributed by atoms with Crippen LogP contribution in [0.3, 0.4) is 0 Å². The number of ether oxygens (including phenoxy) is 2. The molecule has 9 heteroatoms. The second-order valence-corrected chi connectivity index (χ2v) is 8.07. The number of thiazole rings is 1. The molecular weight excluding hydrogens is 438 g/mol. The van der Waals surface area contributed by atoms with Crippen molar-refractivity contribution >= 4 is 34.0 Å². The maximum absolute atomic E-state index is 12.9. The predicted octanol–water partition coefficient (Wildman–Crippen LogP) is 2.71. The molecule has 4 rings (SSSR count). The van der Waals surface area contributed by atoms with Gasteiger partial charge in [-0.05, 0) is 48.4 Å². The van der Waals surface area contributed by atoms with Gasteiger partial charge in [-0.15, -0.1) is 0 Å². The summed E-state index contributed by atoms with van der Waals surface area (Å²) in [7, 11) is 1.56. The Kier molecular flexibility index (Phi) is 6.01. The molecule has 0 saturated heterocycles. The van der Waals surface area contributed by atoms with Crippen LogP contribution in [0.25, 0.3) is 11.0 Å². The highest BCUT2D eigenvalue weighted by Gasteiger charge is 2.12. The van der Waals surface area contributed by atoms with Crippen molar-refractivity contribution in [1.29, 1.82) is 0 Å². The normalized spacial score (nSPS) is 11.8. The van der Waals surface area contributed by atoms with Gasteiger partial charge < -0.3 is 9.47 Å². The highest BCUT2D eigenvalue weighted by atomic mass is 35.5. The second kappa shape index (κ2) is 8.87. The minimum absolute atomic E-state index is 0.198. The Balaban J connectivity index is 1.75. The first-order chi connectivity index (χ1) is 15.0. The molecule has 0 amide bonds. The zero-order valence-electron chi connectivity index (χ0n) is 16.8. The molecule has 31 heavy (non-hydrogen) atoms. The molecule has 0 N–H and O–H groups in total. The van der Waals surface area contributed by atoms with Gasteiger partial charge in [-0.3, -0.25) is 9.59 Å². The number of hydrogen-bond donors (Lipinski definition) is 0. The van der Waals surface area contributed by atoms with Crippen LogP contribution in [0.5, 0.6) is 11.5 Å². The van der Waals surface area contributed by atoms with Crippen molar-refractivity contribution in [3.8, 4) is 11.5 Å². The third kappa shape index (κ3) is 4.45. The molecule has 2 aromatic heterocycles. The highest BCUT2D eigenvalue weighted by molar-refractivity contribution is 7.15. The summed E-state index contributed by atoms with van der Waals surface area (Å²) in [5.41, 5.74) is 1.02. The average Bonchev–Trinajstić information content (AvgIpc) is 3.05. The SMILES string of the molecule is CCOc1ccc(C=c2sc3nc(=O)c(Cc4ccc(Cl)cc4)nn3c2=O)cc1OC. The summed E-state index contributed by atoms with van der Waals surface area (Å²) < 4.78 is 12.5. The smallest absolute Gasteiger partial charge is 0.296 e. The van der Waals surface area contributed by atoms with Crippen molar-refractivity contribution in [2.75, 3.05) is 13.7 Å². The third-order valence-corrected chi connectivity index (χ3v) is 5.73. The van der Waals surface area contributed by atoms with Gasteiger partial charge in [0.1, 0.15) is 5.69 Å². The van der Waals surface area contributed by atoms with Crippen molar-refractivity contribution in [1.82, 2.24) is 14.6 Å². The predicted molar refractivity (Wildman–Crippen MR) is 121 cm³/mol. The van der Waals surface area contributed by atoms with Crippen LogP contribution < -0.4 is 25.1 Å². The number of nitrogens with zero attached hydrogens (tertiary/aromatic N) is 3. The standard InChI is InChI=1S/C22H18ClN3O4S/c1-3-30-17-9-6-14(11-18(17)29-2)12-19-21(28)26-22(31-19)24-20(27)16(25-26)10-13-4-7-15(23)8-5-13/h4-9,11-12H,3,10H2,1-2H3. The zero-order valence-corrected chi connectivity index (χ0v) is 18.4. The molecule has 7 nitrogen and oxygen atoms in total. The first kappa shape index (κ1) is 21.0. The average molecular weight is 456 g/mol. The molecule has 0 bridgehead atoms. The summed E-state index contributed by atoms with van der Waals surface area (Å²) in [6.45, 7) is 2.41. The Hall–Kier alpha value is -3.23. The highest BCUT2D eigenvalue weighted by Crippen LogP contribution is 2.28. The first-order valence-electron chi connectivity index (χ1n) is 9.48. The summed E-state index contributed by atoms with van der Waals surface area (Å²) in [6.07, 6.45) is 1.97. The van der Waals surface area contributed by atoms with E-state index < -0.39 is 5.56 Å². The van der Waals surface area contributed by atoms with E-state index in [1.165, 1.54) is 4.52 Å². The number of hydrogen-bond acceptors (Lipinski definition) is 7. The monoisotopic (exact) mass is 455 g/mol. The van der Waals surface area contributed by atoms with Crippen LogP contribution in [0.4, 0.5) is 0 Å². The molecule has 0 radical (unpaired) electrons. The Bertz CT molecular complexity index is 1410. The van der Waals surface area contributed by atoms with Gasteiger partial charge in [-0.25, -0.2) is 0 Å². The van der Waals surface area contributed by atoms with E-state index in [-0.39, 0.29) is 22.6 Å². The molecule has 4 aromatic rings. The number of halogens is 1. The van der Waals surface area contributed by atoms with Crippen LogP contribution in [0.2, 0.25) is 5.02 Å². The van der Waals surface area contributed by atoms with Crippen molar-refractivity contribution in [3.05, 3.63) is 89.5 Å². The minimum Gasteiger partial charge on any atom is -0.493 e. The summed E-state index contributed by atoms with van der Waals surface area (Å²) in [4.78, 5) is 29.6. The molecule has 0 atom stereocenters. The fourth-order valence-electron chi connectivity index (χ4n) is 3.05. The Morgan fingerprint density at radius 2 is 1.90 bits per heavy atom. The van der Waals surface area contributed by atoms with E-state index in [4.69, 9.17) is 21.1 Å². The summed E-state index contributed by atoms with van der Waals surface area (Å²) in [6, 6.07) is 12.5. The van der Waals surface area contributed by atoms with Gasteiger partial charge in [0, 0.05) is 11.4 Å². The van der Waals surface area contributed by atoms with E-state index in [0.29, 0.717) is 27.7 Å². The summed E-state index contributed by atoms with van der Waals surface area (Å²) in [5.74, 6) is 1.20. The zero-order chi connectivity index (χ0) is 22.0. The van der Waals surface area contributed by atoms with Crippen molar-refractivity contribution in [2.24, 2.45) is 0 Å². The molecule has 0 aliphatic heterocycles. The Labute approximate surface area is 186 Å². The molecule has 0 aliphatic rings. The van der Waals surface area contributed by atoms with E-state index in [1.807, 2.05) is 25.1 Å². The molecule has 2 heterocycles. The fraction of sp³-hybridized carbons (Fsp3) is 0.182. The molecule has 0 saturated carbocycles. The van der Waals surface area contributed by atoms with Crippen LogP contribution in [0.15, 0.2) is 52.1 Å². The van der Waals surface area contributed by atoms with Gasteiger partial charge in [-0.2, -0.15) is 14.6 Å². The van der Waals surface area contributed by atoms with E-state index in [0.717, 1.165) is 22.5 Å². The van der Waals surface area contributed by atoms with Crippen molar-refractivity contribution < 1.29 is 9.47 Å². The molecule has 0 aliphatic carbocycles. The third-order valence-electron chi connectivity index (χ3n) is 4.52. The van der Waals surface area contributed by atoms with Crippen molar-refractivity contribution in [3.63, 3.8) is 0 Å². The van der Waals surface area contributed by atoms with Crippen LogP contribution in [-0.2, 0) is 6.42 Å². The Morgan fingerprint density at radius 3 is 2.61 bits per heavy atom. The number of aromatic nitrogens is 3. The number of rotatable bonds is 6. The first-order valence-corrected chi connectivity index (χ1v) is 10.7. The largest absolute Gasteiger partial charge is 0.493 e. The van der Waals surface area contributed by atoms with Gasteiger partial charge >= 0.3 is 0 Å². The molecular formula is C22H18ClN3O4S. The molecule has 158 valence electrons. The van der Waals surface area contributed by atoms with E-state index >= 15 is 0 Å². The lowest BCUT2D eigenvalue weighted by atomic mass is 10.1. The van der Waals surface area contributed by atoms with Gasteiger partial charge in [0.25, 0.3) is 11.1 Å². The maximum atomic E-state index is 12.9. The van der Waals surface area contributed by atoms with Gasteiger partial charge in [0.2, 0.25) is 4.96 Å².